The Morgan fingerprint density at radius 1 is 1.31 bits per heavy atom. The smallest absolute Gasteiger partial charge is 0.261 e. The second-order valence-electron chi connectivity index (χ2n) is 8.88. The number of fused-ring (bicyclic) bond motifs is 2. The Kier molecular flexibility index (Phi) is 5.22. The summed E-state index contributed by atoms with van der Waals surface area (Å²) in [6.07, 6.45) is 7.23. The van der Waals surface area contributed by atoms with Crippen LogP contribution in [0, 0.1) is 5.92 Å². The Balaban J connectivity index is 1.49. The van der Waals surface area contributed by atoms with Gasteiger partial charge in [0.25, 0.3) is 5.91 Å². The molecule has 0 radical (unpaired) electrons. The van der Waals surface area contributed by atoms with Gasteiger partial charge in [0.15, 0.2) is 5.65 Å². The lowest BCUT2D eigenvalue weighted by atomic mass is 9.96. The third-order valence-corrected chi connectivity index (χ3v) is 6.42. The first-order valence-electron chi connectivity index (χ1n) is 10.9. The van der Waals surface area contributed by atoms with E-state index in [1.807, 2.05) is 19.1 Å². The van der Waals surface area contributed by atoms with Crippen LogP contribution in [0.1, 0.15) is 35.7 Å². The average molecular weight is 438 g/mol. The summed E-state index contributed by atoms with van der Waals surface area (Å²) < 4.78 is 7.62. The molecule has 3 N–H and O–H groups in total. The van der Waals surface area contributed by atoms with Crippen molar-refractivity contribution < 1.29 is 19.7 Å². The summed E-state index contributed by atoms with van der Waals surface area (Å²) in [7, 11) is 0. The van der Waals surface area contributed by atoms with Crippen molar-refractivity contribution in [3.63, 3.8) is 0 Å². The number of anilines is 2. The van der Waals surface area contributed by atoms with E-state index in [1.54, 1.807) is 23.0 Å². The standard InChI is InChI=1S/C23H27N5O4/c1-23(14-30)11-16-9-18(26-22(31)17-12-25-28-6-2-5-24-21(17)28)19(10-20(16)32-23)27-7-3-15(13-29)4-8-27/h2,5-6,9-10,12,15,29-30H,3-4,7-8,11,13-14H2,1H3,(H,26,31)/t23-/m1/s1. The van der Waals surface area contributed by atoms with Crippen molar-refractivity contribution in [3.05, 3.63) is 47.9 Å². The number of hydrogen-bond acceptors (Lipinski definition) is 7. The van der Waals surface area contributed by atoms with Crippen LogP contribution < -0.4 is 15.0 Å². The normalized spacial score (nSPS) is 20.9. The van der Waals surface area contributed by atoms with Gasteiger partial charge in [0.2, 0.25) is 0 Å². The third-order valence-electron chi connectivity index (χ3n) is 6.42. The molecule has 0 spiro atoms. The van der Waals surface area contributed by atoms with Crippen molar-refractivity contribution in [2.45, 2.75) is 31.8 Å². The summed E-state index contributed by atoms with van der Waals surface area (Å²) in [6.45, 7) is 3.54. The number of aliphatic hydroxyl groups is 2. The second kappa shape index (κ2) is 8.07. The van der Waals surface area contributed by atoms with Gasteiger partial charge < -0.3 is 25.2 Å². The molecule has 5 rings (SSSR count). The molecular formula is C23H27N5O4. The quantitative estimate of drug-likeness (QED) is 0.559. The molecule has 1 atom stereocenters. The number of rotatable bonds is 5. The highest BCUT2D eigenvalue weighted by molar-refractivity contribution is 6.09. The van der Waals surface area contributed by atoms with Crippen molar-refractivity contribution in [2.75, 3.05) is 36.5 Å². The zero-order valence-electron chi connectivity index (χ0n) is 18.0. The van der Waals surface area contributed by atoms with E-state index in [2.05, 4.69) is 20.3 Å². The van der Waals surface area contributed by atoms with Gasteiger partial charge >= 0.3 is 0 Å². The maximum atomic E-state index is 13.2. The lowest BCUT2D eigenvalue weighted by molar-refractivity contribution is 0.0447. The molecule has 1 amide bonds. The van der Waals surface area contributed by atoms with Crippen molar-refractivity contribution in [1.82, 2.24) is 14.6 Å². The predicted octanol–water partition coefficient (Wildman–Crippen LogP) is 1.88. The number of aromatic nitrogens is 3. The van der Waals surface area contributed by atoms with Gasteiger partial charge in [0, 0.05) is 50.1 Å². The number of carbonyl (C=O) groups is 1. The summed E-state index contributed by atoms with van der Waals surface area (Å²) in [5, 5.41) is 26.5. The van der Waals surface area contributed by atoms with Gasteiger partial charge in [-0.05, 0) is 37.8 Å². The van der Waals surface area contributed by atoms with Crippen LogP contribution in [0.3, 0.4) is 0 Å². The van der Waals surface area contributed by atoms with E-state index in [0.29, 0.717) is 29.2 Å². The number of piperidine rings is 1. The highest BCUT2D eigenvalue weighted by Gasteiger charge is 2.36. The Morgan fingerprint density at radius 2 is 2.12 bits per heavy atom. The van der Waals surface area contributed by atoms with Gasteiger partial charge in [-0.2, -0.15) is 5.10 Å². The molecule has 0 bridgehead atoms. The fraction of sp³-hybridized carbons (Fsp3) is 0.435. The van der Waals surface area contributed by atoms with Crippen LogP contribution in [-0.2, 0) is 6.42 Å². The van der Waals surface area contributed by atoms with Crippen molar-refractivity contribution in [3.8, 4) is 5.75 Å². The largest absolute Gasteiger partial charge is 0.484 e. The van der Waals surface area contributed by atoms with Crippen LogP contribution in [0.5, 0.6) is 5.75 Å². The van der Waals surface area contributed by atoms with Crippen molar-refractivity contribution in [2.24, 2.45) is 5.92 Å². The highest BCUT2D eigenvalue weighted by Crippen LogP contribution is 2.42. The SMILES string of the molecule is C[C@]1(CO)Cc2cc(NC(=O)c3cnn4cccnc34)c(N3CCC(CO)CC3)cc2O1. The molecule has 0 saturated carbocycles. The molecule has 2 aliphatic heterocycles. The van der Waals surface area contributed by atoms with E-state index in [9.17, 15) is 15.0 Å². The maximum absolute atomic E-state index is 13.2. The summed E-state index contributed by atoms with van der Waals surface area (Å²) in [6, 6.07) is 5.66. The van der Waals surface area contributed by atoms with Gasteiger partial charge in [-0.25, -0.2) is 9.50 Å². The van der Waals surface area contributed by atoms with Crippen LogP contribution >= 0.6 is 0 Å². The lowest BCUT2D eigenvalue weighted by Crippen LogP contribution is -2.35. The number of benzene rings is 1. The molecular weight excluding hydrogens is 410 g/mol. The van der Waals surface area contributed by atoms with E-state index >= 15 is 0 Å². The van der Waals surface area contributed by atoms with E-state index < -0.39 is 5.60 Å². The number of ether oxygens (including phenoxy) is 1. The molecule has 9 nitrogen and oxygen atoms in total. The third kappa shape index (κ3) is 3.67. The highest BCUT2D eigenvalue weighted by atomic mass is 16.5. The van der Waals surface area contributed by atoms with Gasteiger partial charge in [0.1, 0.15) is 16.9 Å². The Hall–Kier alpha value is -3.17. The zero-order chi connectivity index (χ0) is 22.3. The molecule has 1 aromatic carbocycles. The average Bonchev–Trinajstić information content (AvgIpc) is 3.39. The Morgan fingerprint density at radius 3 is 2.88 bits per heavy atom. The first kappa shape index (κ1) is 20.7. The van der Waals surface area contributed by atoms with E-state index in [-0.39, 0.29) is 19.1 Å². The fourth-order valence-corrected chi connectivity index (χ4v) is 4.53. The monoisotopic (exact) mass is 437 g/mol. The maximum Gasteiger partial charge on any atom is 0.261 e. The molecule has 3 aromatic rings. The molecule has 0 unspecified atom stereocenters. The van der Waals surface area contributed by atoms with Crippen LogP contribution in [0.15, 0.2) is 36.8 Å². The lowest BCUT2D eigenvalue weighted by Gasteiger charge is -2.34. The minimum Gasteiger partial charge on any atom is -0.484 e. The summed E-state index contributed by atoms with van der Waals surface area (Å²) >= 11 is 0. The van der Waals surface area contributed by atoms with E-state index in [4.69, 9.17) is 4.74 Å². The van der Waals surface area contributed by atoms with Crippen LogP contribution in [0.25, 0.3) is 5.65 Å². The van der Waals surface area contributed by atoms with Gasteiger partial charge in [-0.3, -0.25) is 4.79 Å². The van der Waals surface area contributed by atoms with Crippen LogP contribution in [0.2, 0.25) is 0 Å². The topological polar surface area (TPSA) is 112 Å². The Labute approximate surface area is 185 Å². The summed E-state index contributed by atoms with van der Waals surface area (Å²) in [5.74, 6) is 0.753. The number of nitrogens with one attached hydrogen (secondary N) is 1. The minimum atomic E-state index is -0.668. The molecule has 4 heterocycles. The first-order chi connectivity index (χ1) is 15.5. The Bertz CT molecular complexity index is 1150. The number of aliphatic hydroxyl groups excluding tert-OH is 2. The molecule has 168 valence electrons. The number of nitrogens with zero attached hydrogens (tertiary/aromatic N) is 4. The van der Waals surface area contributed by atoms with Gasteiger partial charge in [-0.1, -0.05) is 0 Å². The molecule has 2 aromatic heterocycles. The number of amides is 1. The number of hydrogen-bond donors (Lipinski definition) is 3. The van der Waals surface area contributed by atoms with Gasteiger partial charge in [-0.15, -0.1) is 0 Å². The van der Waals surface area contributed by atoms with Crippen molar-refractivity contribution >= 4 is 22.9 Å². The van der Waals surface area contributed by atoms with E-state index in [0.717, 1.165) is 42.9 Å². The predicted molar refractivity (Wildman–Crippen MR) is 119 cm³/mol. The molecule has 1 fully saturated rings. The molecule has 9 heteroatoms. The van der Waals surface area contributed by atoms with Crippen LogP contribution in [-0.4, -0.2) is 62.6 Å². The van der Waals surface area contributed by atoms with E-state index in [1.165, 1.54) is 6.20 Å². The zero-order valence-corrected chi connectivity index (χ0v) is 18.0. The molecule has 1 saturated heterocycles. The van der Waals surface area contributed by atoms with Gasteiger partial charge in [0.05, 0.1) is 24.2 Å². The minimum absolute atomic E-state index is 0.0886. The molecule has 2 aliphatic rings. The van der Waals surface area contributed by atoms with Crippen LogP contribution in [0.4, 0.5) is 11.4 Å². The number of carbonyl (C=O) groups excluding carboxylic acids is 1. The second-order valence-corrected chi connectivity index (χ2v) is 8.88. The summed E-state index contributed by atoms with van der Waals surface area (Å²) in [5.41, 5.74) is 2.74. The molecule has 32 heavy (non-hydrogen) atoms. The fourth-order valence-electron chi connectivity index (χ4n) is 4.53. The summed E-state index contributed by atoms with van der Waals surface area (Å²) in [4.78, 5) is 19.7. The van der Waals surface area contributed by atoms with Crippen molar-refractivity contribution in [1.29, 1.82) is 0 Å². The molecule has 0 aliphatic carbocycles. The first-order valence-corrected chi connectivity index (χ1v) is 10.9.